The largest absolute Gasteiger partial charge is 0.438 e. The molecule has 0 aliphatic carbocycles. The first-order valence-corrected chi connectivity index (χ1v) is 4.56. The molecular formula is C10H20N2O2. The molecule has 1 amide bonds. The van der Waals surface area contributed by atoms with E-state index in [2.05, 4.69) is 20.8 Å². The zero-order chi connectivity index (χ0) is 11.4. The quantitative estimate of drug-likeness (QED) is 0.310. The molecule has 0 heterocycles. The fraction of sp³-hybridized carbons (Fsp3) is 0.700. The fourth-order valence-electron chi connectivity index (χ4n) is 0.753. The highest BCUT2D eigenvalue weighted by Crippen LogP contribution is 2.19. The number of carbonyl (C=O) groups is 1. The molecule has 0 aliphatic rings. The molecule has 3 N–H and O–H groups in total. The molecule has 0 rings (SSSR count). The van der Waals surface area contributed by atoms with Crippen LogP contribution in [0.25, 0.3) is 0 Å². The van der Waals surface area contributed by atoms with Crippen LogP contribution >= 0.6 is 0 Å². The Labute approximate surface area is 85.5 Å². The van der Waals surface area contributed by atoms with Crippen molar-refractivity contribution >= 4 is 6.09 Å². The number of amides is 1. The van der Waals surface area contributed by atoms with Gasteiger partial charge in [0.1, 0.15) is 5.60 Å². The van der Waals surface area contributed by atoms with Crippen LogP contribution in [0.15, 0.2) is 12.2 Å². The Morgan fingerprint density at radius 1 is 1.21 bits per heavy atom. The molecule has 14 heavy (non-hydrogen) atoms. The van der Waals surface area contributed by atoms with Crippen LogP contribution in [-0.2, 0) is 4.74 Å². The fourth-order valence-corrected chi connectivity index (χ4v) is 0.753. The van der Waals surface area contributed by atoms with Gasteiger partial charge in [0.25, 0.3) is 0 Å². The van der Waals surface area contributed by atoms with Crippen LogP contribution in [0.2, 0.25) is 0 Å². The molecule has 0 bridgehead atoms. The number of hydrazine groups is 1. The number of nitrogens with one attached hydrogen (secondary N) is 1. The van der Waals surface area contributed by atoms with Crippen LogP contribution in [-0.4, -0.2) is 11.7 Å². The highest BCUT2D eigenvalue weighted by atomic mass is 16.6. The van der Waals surface area contributed by atoms with Gasteiger partial charge in [0.05, 0.1) is 0 Å². The maximum atomic E-state index is 10.9. The molecule has 4 nitrogen and oxygen atoms in total. The normalized spacial score (nSPS) is 13.0. The van der Waals surface area contributed by atoms with Gasteiger partial charge < -0.3 is 4.74 Å². The Hall–Kier alpha value is -1.03. The monoisotopic (exact) mass is 200 g/mol. The maximum absolute atomic E-state index is 10.9. The van der Waals surface area contributed by atoms with Gasteiger partial charge in [0, 0.05) is 0 Å². The van der Waals surface area contributed by atoms with E-state index in [0.717, 1.165) is 0 Å². The summed E-state index contributed by atoms with van der Waals surface area (Å²) in [4.78, 5) is 10.9. The molecule has 0 aromatic rings. The summed E-state index contributed by atoms with van der Waals surface area (Å²) in [7, 11) is 0. The summed E-state index contributed by atoms with van der Waals surface area (Å²) in [6, 6.07) is 0. The SMILES string of the molecule is CC(C)(C)/C=C/C(C)(C)OC(=O)NN. The van der Waals surface area contributed by atoms with Gasteiger partial charge >= 0.3 is 6.09 Å². The van der Waals surface area contributed by atoms with Crippen molar-refractivity contribution in [1.82, 2.24) is 5.43 Å². The minimum Gasteiger partial charge on any atom is -0.438 e. The third-order valence-corrected chi connectivity index (χ3v) is 1.46. The molecule has 0 spiro atoms. The van der Waals surface area contributed by atoms with Crippen molar-refractivity contribution in [2.24, 2.45) is 11.3 Å². The predicted octanol–water partition coefficient (Wildman–Crippen LogP) is 1.97. The molecule has 0 saturated heterocycles. The molecule has 0 aromatic carbocycles. The second-order valence-electron chi connectivity index (χ2n) is 4.84. The number of rotatable bonds is 2. The van der Waals surface area contributed by atoms with E-state index in [0.29, 0.717) is 0 Å². The van der Waals surface area contributed by atoms with Gasteiger partial charge in [-0.3, -0.25) is 5.43 Å². The third-order valence-electron chi connectivity index (χ3n) is 1.46. The van der Waals surface area contributed by atoms with Gasteiger partial charge in [-0.15, -0.1) is 0 Å². The van der Waals surface area contributed by atoms with E-state index in [4.69, 9.17) is 10.6 Å². The number of nitrogens with two attached hydrogens (primary N) is 1. The zero-order valence-corrected chi connectivity index (χ0v) is 9.55. The van der Waals surface area contributed by atoms with Crippen molar-refractivity contribution in [3.05, 3.63) is 12.2 Å². The second kappa shape index (κ2) is 4.46. The van der Waals surface area contributed by atoms with Crippen molar-refractivity contribution in [1.29, 1.82) is 0 Å². The van der Waals surface area contributed by atoms with Crippen LogP contribution in [0.4, 0.5) is 4.79 Å². The third kappa shape index (κ3) is 6.48. The first-order valence-electron chi connectivity index (χ1n) is 4.56. The second-order valence-corrected chi connectivity index (χ2v) is 4.84. The predicted molar refractivity (Wildman–Crippen MR) is 56.5 cm³/mol. The van der Waals surface area contributed by atoms with Crippen LogP contribution in [0, 0.1) is 5.41 Å². The van der Waals surface area contributed by atoms with E-state index in [9.17, 15) is 4.79 Å². The van der Waals surface area contributed by atoms with E-state index in [1.54, 1.807) is 13.8 Å². The molecule has 0 atom stereocenters. The van der Waals surface area contributed by atoms with E-state index in [-0.39, 0.29) is 5.41 Å². The van der Waals surface area contributed by atoms with Crippen molar-refractivity contribution in [3.63, 3.8) is 0 Å². The zero-order valence-electron chi connectivity index (χ0n) is 9.55. The molecule has 0 aromatic heterocycles. The van der Waals surface area contributed by atoms with Crippen LogP contribution < -0.4 is 11.3 Å². The topological polar surface area (TPSA) is 64.3 Å². The summed E-state index contributed by atoms with van der Waals surface area (Å²) >= 11 is 0. The standard InChI is InChI=1S/C10H20N2O2/c1-9(2,3)6-7-10(4,5)14-8(13)12-11/h6-7H,11H2,1-5H3,(H,12,13)/b7-6+. The van der Waals surface area contributed by atoms with E-state index >= 15 is 0 Å². The molecule has 0 aliphatic heterocycles. The van der Waals surface area contributed by atoms with Crippen LogP contribution in [0.1, 0.15) is 34.6 Å². The number of allylic oxidation sites excluding steroid dienone is 1. The van der Waals surface area contributed by atoms with Crippen molar-refractivity contribution < 1.29 is 9.53 Å². The molecular weight excluding hydrogens is 180 g/mol. The van der Waals surface area contributed by atoms with Crippen LogP contribution in [0.3, 0.4) is 0 Å². The first-order chi connectivity index (χ1) is 6.16. The molecule has 0 unspecified atom stereocenters. The number of hydrogen-bond donors (Lipinski definition) is 2. The lowest BCUT2D eigenvalue weighted by atomic mass is 9.94. The lowest BCUT2D eigenvalue weighted by molar-refractivity contribution is 0.0715. The Morgan fingerprint density at radius 3 is 2.07 bits per heavy atom. The summed E-state index contributed by atoms with van der Waals surface area (Å²) in [5.41, 5.74) is 1.35. The van der Waals surface area contributed by atoms with Gasteiger partial charge in [-0.2, -0.15) is 0 Å². The van der Waals surface area contributed by atoms with E-state index in [1.807, 2.05) is 17.6 Å². The Morgan fingerprint density at radius 2 is 1.71 bits per heavy atom. The summed E-state index contributed by atoms with van der Waals surface area (Å²) in [6.07, 6.45) is 3.22. The summed E-state index contributed by atoms with van der Waals surface area (Å²) in [5.74, 6) is 4.91. The molecule has 4 heteroatoms. The summed E-state index contributed by atoms with van der Waals surface area (Å²) in [6.45, 7) is 9.81. The number of carbonyl (C=O) groups excluding carboxylic acids is 1. The average Bonchev–Trinajstić information content (AvgIpc) is 1.99. The summed E-state index contributed by atoms with van der Waals surface area (Å²) < 4.78 is 5.02. The lowest BCUT2D eigenvalue weighted by Gasteiger charge is -2.22. The highest BCUT2D eigenvalue weighted by molar-refractivity contribution is 5.67. The van der Waals surface area contributed by atoms with E-state index in [1.165, 1.54) is 0 Å². The number of ether oxygens (including phenoxy) is 1. The van der Waals surface area contributed by atoms with Gasteiger partial charge in [0.15, 0.2) is 0 Å². The molecule has 0 saturated carbocycles. The Bertz CT molecular complexity index is 227. The number of hydrogen-bond acceptors (Lipinski definition) is 3. The maximum Gasteiger partial charge on any atom is 0.422 e. The van der Waals surface area contributed by atoms with Crippen LogP contribution in [0.5, 0.6) is 0 Å². The average molecular weight is 200 g/mol. The Balaban J connectivity index is 4.34. The summed E-state index contributed by atoms with van der Waals surface area (Å²) in [5, 5.41) is 0. The highest BCUT2D eigenvalue weighted by Gasteiger charge is 2.19. The van der Waals surface area contributed by atoms with Crippen molar-refractivity contribution in [3.8, 4) is 0 Å². The minimum atomic E-state index is -0.642. The van der Waals surface area contributed by atoms with Crippen molar-refractivity contribution in [2.75, 3.05) is 0 Å². The van der Waals surface area contributed by atoms with Gasteiger partial charge in [0.2, 0.25) is 0 Å². The van der Waals surface area contributed by atoms with Gasteiger partial charge in [-0.1, -0.05) is 26.8 Å². The smallest absolute Gasteiger partial charge is 0.422 e. The molecule has 0 fully saturated rings. The lowest BCUT2D eigenvalue weighted by Crippen LogP contribution is -2.37. The Kier molecular flexibility index (Phi) is 4.13. The minimum absolute atomic E-state index is 0.0693. The molecule has 82 valence electrons. The van der Waals surface area contributed by atoms with Crippen molar-refractivity contribution in [2.45, 2.75) is 40.2 Å². The van der Waals surface area contributed by atoms with Gasteiger partial charge in [-0.05, 0) is 25.3 Å². The van der Waals surface area contributed by atoms with Gasteiger partial charge in [-0.25, -0.2) is 10.6 Å². The molecule has 0 radical (unpaired) electrons. The first kappa shape index (κ1) is 13.0. The van der Waals surface area contributed by atoms with E-state index < -0.39 is 11.7 Å².